The summed E-state index contributed by atoms with van der Waals surface area (Å²) in [5.41, 5.74) is 0.625. The summed E-state index contributed by atoms with van der Waals surface area (Å²) in [6.45, 7) is 1.82. The van der Waals surface area contributed by atoms with E-state index < -0.39 is 5.82 Å². The summed E-state index contributed by atoms with van der Waals surface area (Å²) in [6.07, 6.45) is 1.55. The van der Waals surface area contributed by atoms with Crippen molar-refractivity contribution >= 4 is 23.4 Å². The van der Waals surface area contributed by atoms with E-state index in [-0.39, 0.29) is 17.6 Å². The maximum Gasteiger partial charge on any atom is 0.319 e. The van der Waals surface area contributed by atoms with E-state index in [1.807, 2.05) is 0 Å². The van der Waals surface area contributed by atoms with Gasteiger partial charge in [0.15, 0.2) is 0 Å². The molecule has 0 bridgehead atoms. The molecule has 3 rings (SSSR count). The minimum atomic E-state index is -0.419. The number of anilines is 2. The summed E-state index contributed by atoms with van der Waals surface area (Å²) in [4.78, 5) is 34.1. The highest BCUT2D eigenvalue weighted by Crippen LogP contribution is 2.22. The Bertz CT molecular complexity index is 834. The molecule has 1 aromatic carbocycles. The molecule has 0 aliphatic carbocycles. The molecule has 1 saturated heterocycles. The number of pyridine rings is 1. The Kier molecular flexibility index (Phi) is 5.54. The van der Waals surface area contributed by atoms with Crippen molar-refractivity contribution in [2.45, 2.75) is 0 Å². The van der Waals surface area contributed by atoms with E-state index in [1.165, 1.54) is 11.0 Å². The average Bonchev–Trinajstić information content (AvgIpc) is 2.69. The first kappa shape index (κ1) is 18.6. The van der Waals surface area contributed by atoms with Crippen LogP contribution in [0.5, 0.6) is 0 Å². The van der Waals surface area contributed by atoms with E-state index in [4.69, 9.17) is 0 Å². The molecule has 0 radical (unpaired) electrons. The maximum absolute atomic E-state index is 13.9. The van der Waals surface area contributed by atoms with Crippen molar-refractivity contribution in [2.24, 2.45) is 0 Å². The summed E-state index contributed by atoms with van der Waals surface area (Å²) < 4.78 is 13.9. The van der Waals surface area contributed by atoms with Crippen LogP contribution in [-0.2, 0) is 0 Å². The van der Waals surface area contributed by atoms with Gasteiger partial charge in [-0.3, -0.25) is 4.79 Å². The summed E-state index contributed by atoms with van der Waals surface area (Å²) in [6, 6.07) is 9.50. The van der Waals surface area contributed by atoms with Crippen LogP contribution >= 0.6 is 0 Å². The van der Waals surface area contributed by atoms with Crippen LogP contribution in [-0.4, -0.2) is 71.9 Å². The number of para-hydroxylation sites is 1. The zero-order valence-electron chi connectivity index (χ0n) is 15.4. The van der Waals surface area contributed by atoms with Crippen LogP contribution in [0, 0.1) is 5.82 Å². The van der Waals surface area contributed by atoms with E-state index >= 15 is 0 Å². The van der Waals surface area contributed by atoms with E-state index in [1.54, 1.807) is 60.4 Å². The summed E-state index contributed by atoms with van der Waals surface area (Å²) in [5.74, 6) is -0.310. The van der Waals surface area contributed by atoms with Crippen molar-refractivity contribution in [3.05, 3.63) is 54.0 Å². The standard InChI is InChI=1S/C19H22FN5O2/c1-23(2)19(27)25-12-10-24(11-13-25)18(26)14-6-5-9-21-17(14)22-16-8-4-3-7-15(16)20/h3-9H,10-13H2,1-2H3,(H,21,22). The fourth-order valence-electron chi connectivity index (χ4n) is 2.92. The van der Waals surface area contributed by atoms with E-state index in [2.05, 4.69) is 10.3 Å². The van der Waals surface area contributed by atoms with Crippen LogP contribution < -0.4 is 5.32 Å². The van der Waals surface area contributed by atoms with Crippen molar-refractivity contribution in [1.82, 2.24) is 19.7 Å². The van der Waals surface area contributed by atoms with Crippen LogP contribution in [0.2, 0.25) is 0 Å². The average molecular weight is 371 g/mol. The molecule has 0 atom stereocenters. The Labute approximate surface area is 157 Å². The number of hydrogen-bond donors (Lipinski definition) is 1. The molecule has 1 aliphatic heterocycles. The van der Waals surface area contributed by atoms with Gasteiger partial charge >= 0.3 is 6.03 Å². The smallest absolute Gasteiger partial charge is 0.319 e. The molecule has 0 saturated carbocycles. The number of amides is 3. The van der Waals surface area contributed by atoms with E-state index in [0.717, 1.165) is 0 Å². The molecule has 1 fully saturated rings. The van der Waals surface area contributed by atoms with Gasteiger partial charge in [0.25, 0.3) is 5.91 Å². The molecular weight excluding hydrogens is 349 g/mol. The van der Waals surface area contributed by atoms with Crippen LogP contribution in [0.1, 0.15) is 10.4 Å². The summed E-state index contributed by atoms with van der Waals surface area (Å²) >= 11 is 0. The maximum atomic E-state index is 13.9. The number of nitrogens with one attached hydrogen (secondary N) is 1. The highest BCUT2D eigenvalue weighted by Gasteiger charge is 2.27. The number of halogens is 1. The lowest BCUT2D eigenvalue weighted by Gasteiger charge is -2.36. The first-order chi connectivity index (χ1) is 13.0. The van der Waals surface area contributed by atoms with Crippen molar-refractivity contribution in [3.8, 4) is 0 Å². The number of nitrogens with zero attached hydrogens (tertiary/aromatic N) is 4. The van der Waals surface area contributed by atoms with Gasteiger partial charge in [-0.2, -0.15) is 0 Å². The number of carbonyl (C=O) groups excluding carboxylic acids is 2. The molecular formula is C19H22FN5O2. The van der Waals surface area contributed by atoms with E-state index in [0.29, 0.717) is 37.6 Å². The number of hydrogen-bond acceptors (Lipinski definition) is 4. The zero-order valence-corrected chi connectivity index (χ0v) is 15.4. The predicted octanol–water partition coefficient (Wildman–Crippen LogP) is 2.40. The van der Waals surface area contributed by atoms with Gasteiger partial charge in [-0.05, 0) is 24.3 Å². The molecule has 3 amide bonds. The Hall–Kier alpha value is -3.16. The Morgan fingerprint density at radius 3 is 2.37 bits per heavy atom. The second-order valence-corrected chi connectivity index (χ2v) is 6.46. The van der Waals surface area contributed by atoms with Crippen molar-refractivity contribution < 1.29 is 14.0 Å². The molecule has 0 spiro atoms. The molecule has 142 valence electrons. The van der Waals surface area contributed by atoms with E-state index in [9.17, 15) is 14.0 Å². The second-order valence-electron chi connectivity index (χ2n) is 6.46. The molecule has 8 heteroatoms. The molecule has 0 unspecified atom stereocenters. The van der Waals surface area contributed by atoms with Gasteiger partial charge < -0.3 is 20.0 Å². The highest BCUT2D eigenvalue weighted by molar-refractivity contribution is 5.99. The molecule has 27 heavy (non-hydrogen) atoms. The zero-order chi connectivity index (χ0) is 19.4. The minimum absolute atomic E-state index is 0.0645. The third-order valence-corrected chi connectivity index (χ3v) is 4.39. The van der Waals surface area contributed by atoms with Gasteiger partial charge in [0.2, 0.25) is 0 Å². The second kappa shape index (κ2) is 8.03. The van der Waals surface area contributed by atoms with Crippen LogP contribution in [0.15, 0.2) is 42.6 Å². The largest absolute Gasteiger partial charge is 0.337 e. The van der Waals surface area contributed by atoms with Crippen LogP contribution in [0.3, 0.4) is 0 Å². The number of rotatable bonds is 3. The minimum Gasteiger partial charge on any atom is -0.337 e. The summed E-state index contributed by atoms with van der Waals surface area (Å²) in [7, 11) is 3.41. The summed E-state index contributed by atoms with van der Waals surface area (Å²) in [5, 5.41) is 2.90. The SMILES string of the molecule is CN(C)C(=O)N1CCN(C(=O)c2cccnc2Nc2ccccc2F)CC1. The van der Waals surface area contributed by atoms with Gasteiger partial charge in [-0.25, -0.2) is 14.2 Å². The van der Waals surface area contributed by atoms with Gasteiger partial charge in [-0.1, -0.05) is 12.1 Å². The third-order valence-electron chi connectivity index (χ3n) is 4.39. The highest BCUT2D eigenvalue weighted by atomic mass is 19.1. The van der Waals surface area contributed by atoms with Gasteiger partial charge in [0.05, 0.1) is 11.3 Å². The Balaban J connectivity index is 1.73. The van der Waals surface area contributed by atoms with Crippen LogP contribution in [0.4, 0.5) is 20.7 Å². The van der Waals surface area contributed by atoms with Gasteiger partial charge in [0.1, 0.15) is 11.6 Å². The van der Waals surface area contributed by atoms with Gasteiger partial charge in [0, 0.05) is 46.5 Å². The molecule has 1 aromatic heterocycles. The first-order valence-electron chi connectivity index (χ1n) is 8.69. The number of carbonyl (C=O) groups is 2. The predicted molar refractivity (Wildman–Crippen MR) is 100 cm³/mol. The molecule has 1 aliphatic rings. The lowest BCUT2D eigenvalue weighted by molar-refractivity contribution is 0.0651. The Morgan fingerprint density at radius 1 is 1.04 bits per heavy atom. The monoisotopic (exact) mass is 371 g/mol. The molecule has 2 heterocycles. The number of aromatic nitrogens is 1. The number of piperazine rings is 1. The van der Waals surface area contributed by atoms with Crippen molar-refractivity contribution in [3.63, 3.8) is 0 Å². The quantitative estimate of drug-likeness (QED) is 0.900. The van der Waals surface area contributed by atoms with Crippen molar-refractivity contribution in [2.75, 3.05) is 45.6 Å². The number of urea groups is 1. The first-order valence-corrected chi connectivity index (χ1v) is 8.69. The lowest BCUT2D eigenvalue weighted by atomic mass is 10.2. The molecule has 7 nitrogen and oxygen atoms in total. The fourth-order valence-corrected chi connectivity index (χ4v) is 2.92. The molecule has 2 aromatic rings. The molecule has 1 N–H and O–H groups in total. The Morgan fingerprint density at radius 2 is 1.70 bits per heavy atom. The normalized spacial score (nSPS) is 14.0. The topological polar surface area (TPSA) is 68.8 Å². The van der Waals surface area contributed by atoms with Crippen molar-refractivity contribution in [1.29, 1.82) is 0 Å². The third kappa shape index (κ3) is 4.16. The lowest BCUT2D eigenvalue weighted by Crippen LogP contribution is -2.52. The fraction of sp³-hybridized carbons (Fsp3) is 0.316. The number of benzene rings is 1. The van der Waals surface area contributed by atoms with Crippen LogP contribution in [0.25, 0.3) is 0 Å². The van der Waals surface area contributed by atoms with Gasteiger partial charge in [-0.15, -0.1) is 0 Å².